The van der Waals surface area contributed by atoms with E-state index in [4.69, 9.17) is 46.4 Å². The highest BCUT2D eigenvalue weighted by atomic mass is 35.5. The van der Waals surface area contributed by atoms with Crippen molar-refractivity contribution in [3.63, 3.8) is 0 Å². The SMILES string of the molecule is O=C(O)c1ccc(Cl)cc1-c1c(Cl)ccc(Cl)c1Cl. The molecule has 6 heteroatoms. The Hall–Kier alpha value is -0.930. The van der Waals surface area contributed by atoms with Gasteiger partial charge in [-0.25, -0.2) is 4.79 Å². The molecule has 0 saturated heterocycles. The molecule has 0 fully saturated rings. The van der Waals surface area contributed by atoms with Crippen molar-refractivity contribution in [2.24, 2.45) is 0 Å². The van der Waals surface area contributed by atoms with E-state index >= 15 is 0 Å². The van der Waals surface area contributed by atoms with Crippen LogP contribution in [-0.4, -0.2) is 11.1 Å². The molecule has 0 spiro atoms. The van der Waals surface area contributed by atoms with Crippen molar-refractivity contribution in [2.75, 3.05) is 0 Å². The Balaban J connectivity index is 2.82. The fourth-order valence-electron chi connectivity index (χ4n) is 1.68. The molecule has 0 aliphatic rings. The van der Waals surface area contributed by atoms with E-state index in [1.807, 2.05) is 0 Å². The molecule has 0 aromatic heterocycles. The highest BCUT2D eigenvalue weighted by Crippen LogP contribution is 2.41. The monoisotopic (exact) mass is 334 g/mol. The van der Waals surface area contributed by atoms with Crippen LogP contribution < -0.4 is 0 Å². The van der Waals surface area contributed by atoms with Crippen LogP contribution in [0.25, 0.3) is 11.1 Å². The molecule has 2 nitrogen and oxygen atoms in total. The van der Waals surface area contributed by atoms with Crippen molar-refractivity contribution < 1.29 is 9.90 Å². The van der Waals surface area contributed by atoms with Crippen molar-refractivity contribution in [2.45, 2.75) is 0 Å². The number of aromatic carboxylic acids is 1. The third-order valence-electron chi connectivity index (χ3n) is 2.53. The van der Waals surface area contributed by atoms with E-state index in [0.29, 0.717) is 21.2 Å². The molecule has 0 heterocycles. The first-order chi connectivity index (χ1) is 8.91. The van der Waals surface area contributed by atoms with Gasteiger partial charge >= 0.3 is 5.97 Å². The number of carbonyl (C=O) groups is 1. The van der Waals surface area contributed by atoms with Crippen molar-refractivity contribution in [1.82, 2.24) is 0 Å². The first-order valence-corrected chi connectivity index (χ1v) is 6.59. The van der Waals surface area contributed by atoms with Crippen LogP contribution in [-0.2, 0) is 0 Å². The Morgan fingerprint density at radius 2 is 1.58 bits per heavy atom. The van der Waals surface area contributed by atoms with Gasteiger partial charge in [-0.15, -0.1) is 0 Å². The largest absolute Gasteiger partial charge is 0.478 e. The normalized spacial score (nSPS) is 10.5. The van der Waals surface area contributed by atoms with Gasteiger partial charge in [0.2, 0.25) is 0 Å². The lowest BCUT2D eigenvalue weighted by atomic mass is 9.99. The minimum absolute atomic E-state index is 0.0514. The Kier molecular flexibility index (Phi) is 4.26. The van der Waals surface area contributed by atoms with E-state index in [-0.39, 0.29) is 15.6 Å². The third-order valence-corrected chi connectivity index (χ3v) is 3.88. The molecule has 19 heavy (non-hydrogen) atoms. The van der Waals surface area contributed by atoms with Gasteiger partial charge in [0.15, 0.2) is 0 Å². The van der Waals surface area contributed by atoms with E-state index in [1.165, 1.54) is 18.2 Å². The lowest BCUT2D eigenvalue weighted by Crippen LogP contribution is -2.00. The minimum atomic E-state index is -1.10. The van der Waals surface area contributed by atoms with E-state index in [9.17, 15) is 9.90 Å². The summed E-state index contributed by atoms with van der Waals surface area (Å²) in [5, 5.41) is 10.4. The van der Waals surface area contributed by atoms with E-state index in [2.05, 4.69) is 0 Å². The zero-order chi connectivity index (χ0) is 14.2. The second-order valence-corrected chi connectivity index (χ2v) is 5.34. The summed E-state index contributed by atoms with van der Waals surface area (Å²) in [6, 6.07) is 7.47. The van der Waals surface area contributed by atoms with Crippen molar-refractivity contribution in [3.05, 3.63) is 56.0 Å². The molecule has 0 radical (unpaired) electrons. The lowest BCUT2D eigenvalue weighted by Gasteiger charge is -2.12. The van der Waals surface area contributed by atoms with Gasteiger partial charge in [-0.3, -0.25) is 0 Å². The fourth-order valence-corrected chi connectivity index (χ4v) is 2.59. The van der Waals surface area contributed by atoms with Crippen molar-refractivity contribution in [3.8, 4) is 11.1 Å². The molecular weight excluding hydrogens is 330 g/mol. The molecule has 0 aliphatic heterocycles. The van der Waals surface area contributed by atoms with Crippen LogP contribution >= 0.6 is 46.4 Å². The first-order valence-electron chi connectivity index (χ1n) is 5.08. The number of carboxylic acids is 1. The van der Waals surface area contributed by atoms with Crippen molar-refractivity contribution >= 4 is 52.4 Å². The Bertz CT molecular complexity index is 668. The maximum Gasteiger partial charge on any atom is 0.336 e. The highest BCUT2D eigenvalue weighted by molar-refractivity contribution is 6.46. The molecule has 98 valence electrons. The summed E-state index contributed by atoms with van der Waals surface area (Å²) in [6.45, 7) is 0. The Labute approximate surface area is 129 Å². The number of hydrogen-bond donors (Lipinski definition) is 1. The van der Waals surface area contributed by atoms with Crippen LogP contribution in [0.4, 0.5) is 0 Å². The summed E-state index contributed by atoms with van der Waals surface area (Å²) in [5.41, 5.74) is 0.740. The second kappa shape index (κ2) is 5.59. The summed E-state index contributed by atoms with van der Waals surface area (Å²) < 4.78 is 0. The average molecular weight is 336 g/mol. The van der Waals surface area contributed by atoms with Gasteiger partial charge in [-0.05, 0) is 30.3 Å². The van der Waals surface area contributed by atoms with Crippen LogP contribution in [0.5, 0.6) is 0 Å². The third kappa shape index (κ3) is 2.82. The molecule has 1 N–H and O–H groups in total. The number of benzene rings is 2. The Morgan fingerprint density at radius 3 is 2.21 bits per heavy atom. The standard InChI is InChI=1S/C13H6Cl4O2/c14-6-1-2-7(13(18)19)8(5-6)11-9(15)3-4-10(16)12(11)17/h1-5H,(H,18,19). The lowest BCUT2D eigenvalue weighted by molar-refractivity contribution is 0.0698. The summed E-state index contributed by atoms with van der Waals surface area (Å²) in [5.74, 6) is -1.10. The molecule has 0 atom stereocenters. The van der Waals surface area contributed by atoms with Crippen LogP contribution in [0.2, 0.25) is 20.1 Å². The van der Waals surface area contributed by atoms with Gasteiger partial charge in [0.05, 0.1) is 20.6 Å². The highest BCUT2D eigenvalue weighted by Gasteiger charge is 2.18. The molecule has 0 amide bonds. The zero-order valence-corrected chi connectivity index (χ0v) is 12.3. The molecule has 2 rings (SSSR count). The maximum atomic E-state index is 11.3. The predicted octanol–water partition coefficient (Wildman–Crippen LogP) is 5.67. The molecular formula is C13H6Cl4O2. The quantitative estimate of drug-likeness (QED) is 0.718. The zero-order valence-electron chi connectivity index (χ0n) is 9.25. The second-order valence-electron chi connectivity index (χ2n) is 3.71. The number of hydrogen-bond acceptors (Lipinski definition) is 1. The molecule has 0 bridgehead atoms. The fraction of sp³-hybridized carbons (Fsp3) is 0. The van der Waals surface area contributed by atoms with E-state index in [1.54, 1.807) is 12.1 Å². The van der Waals surface area contributed by atoms with E-state index < -0.39 is 5.97 Å². The molecule has 2 aromatic carbocycles. The number of rotatable bonds is 2. The van der Waals surface area contributed by atoms with Gasteiger partial charge in [0.25, 0.3) is 0 Å². The minimum Gasteiger partial charge on any atom is -0.478 e. The predicted molar refractivity (Wildman–Crippen MR) is 78.9 cm³/mol. The van der Waals surface area contributed by atoms with Crippen molar-refractivity contribution in [1.29, 1.82) is 0 Å². The van der Waals surface area contributed by atoms with E-state index in [0.717, 1.165) is 0 Å². The van der Waals surface area contributed by atoms with Crippen LogP contribution in [0.15, 0.2) is 30.3 Å². The number of halogens is 4. The topological polar surface area (TPSA) is 37.3 Å². The summed E-state index contributed by atoms with van der Waals surface area (Å²) in [6.07, 6.45) is 0. The molecule has 2 aromatic rings. The van der Waals surface area contributed by atoms with Crippen LogP contribution in [0.1, 0.15) is 10.4 Å². The summed E-state index contributed by atoms with van der Waals surface area (Å²) >= 11 is 24.0. The maximum absolute atomic E-state index is 11.3. The van der Waals surface area contributed by atoms with Crippen LogP contribution in [0.3, 0.4) is 0 Å². The van der Waals surface area contributed by atoms with Gasteiger partial charge < -0.3 is 5.11 Å². The molecule has 0 aliphatic carbocycles. The van der Waals surface area contributed by atoms with Gasteiger partial charge in [0.1, 0.15) is 0 Å². The smallest absolute Gasteiger partial charge is 0.336 e. The summed E-state index contributed by atoms with van der Waals surface area (Å²) in [4.78, 5) is 11.3. The summed E-state index contributed by atoms with van der Waals surface area (Å²) in [7, 11) is 0. The molecule has 0 unspecified atom stereocenters. The van der Waals surface area contributed by atoms with Gasteiger partial charge in [0, 0.05) is 16.1 Å². The first kappa shape index (κ1) is 14.5. The Morgan fingerprint density at radius 1 is 0.947 bits per heavy atom. The van der Waals surface area contributed by atoms with Crippen LogP contribution in [0, 0.1) is 0 Å². The van der Waals surface area contributed by atoms with Gasteiger partial charge in [-0.2, -0.15) is 0 Å². The average Bonchev–Trinajstić information content (AvgIpc) is 2.34. The number of carboxylic acid groups (broad SMARTS) is 1. The molecule has 0 saturated carbocycles. The van der Waals surface area contributed by atoms with Gasteiger partial charge in [-0.1, -0.05) is 46.4 Å².